The van der Waals surface area contributed by atoms with Gasteiger partial charge in [0.15, 0.2) is 0 Å². The number of hydrogen-bond acceptors (Lipinski definition) is 1. The lowest BCUT2D eigenvalue weighted by atomic mass is 10.0. The minimum absolute atomic E-state index is 0.312. The summed E-state index contributed by atoms with van der Waals surface area (Å²) in [4.78, 5) is 0. The molecule has 0 heterocycles. The zero-order valence-corrected chi connectivity index (χ0v) is 9.43. The van der Waals surface area contributed by atoms with E-state index in [0.717, 1.165) is 0 Å². The first kappa shape index (κ1) is 11.3. The van der Waals surface area contributed by atoms with E-state index in [1.54, 1.807) is 0 Å². The molecule has 0 aromatic heterocycles. The van der Waals surface area contributed by atoms with Gasteiger partial charge in [-0.1, -0.05) is 42.4 Å². The first-order chi connectivity index (χ1) is 6.61. The van der Waals surface area contributed by atoms with E-state index in [1.165, 1.54) is 11.1 Å². The Balaban J connectivity index is 2.65. The Kier molecular flexibility index (Phi) is 4.18. The summed E-state index contributed by atoms with van der Waals surface area (Å²) in [5.41, 5.74) is 2.61. The van der Waals surface area contributed by atoms with Crippen LogP contribution in [0.1, 0.15) is 24.1 Å². The molecule has 1 N–H and O–H groups in total. The lowest BCUT2D eigenvalue weighted by Crippen LogP contribution is -2.20. The molecule has 2 heteroatoms. The highest BCUT2D eigenvalue weighted by Gasteiger charge is 2.06. The topological polar surface area (TPSA) is 12.0 Å². The fraction of sp³-hybridized carbons (Fsp3) is 0.333. The van der Waals surface area contributed by atoms with Crippen LogP contribution in [0.25, 0.3) is 0 Å². The lowest BCUT2D eigenvalue weighted by Gasteiger charge is -2.15. The normalized spacial score (nSPS) is 12.5. The number of halogens is 1. The van der Waals surface area contributed by atoms with Crippen molar-refractivity contribution in [2.45, 2.75) is 19.9 Å². The van der Waals surface area contributed by atoms with Crippen molar-refractivity contribution in [1.82, 2.24) is 5.32 Å². The van der Waals surface area contributed by atoms with Crippen LogP contribution in [0.2, 0.25) is 0 Å². The number of hydrogen-bond donors (Lipinski definition) is 1. The Hall–Kier alpha value is -0.790. The maximum atomic E-state index is 5.69. The van der Waals surface area contributed by atoms with Gasteiger partial charge in [-0.3, -0.25) is 0 Å². The minimum atomic E-state index is 0.312. The van der Waals surface area contributed by atoms with Crippen LogP contribution < -0.4 is 5.32 Å². The predicted octanol–water partition coefficient (Wildman–Crippen LogP) is 3.40. The summed E-state index contributed by atoms with van der Waals surface area (Å²) >= 11 is 5.69. The molecule has 1 aromatic rings. The van der Waals surface area contributed by atoms with Gasteiger partial charge in [-0.2, -0.15) is 0 Å². The average Bonchev–Trinajstić information content (AvgIpc) is 2.15. The third kappa shape index (κ3) is 3.17. The number of nitrogens with one attached hydrogen (secondary N) is 1. The Morgan fingerprint density at radius 3 is 2.71 bits per heavy atom. The molecule has 0 radical (unpaired) electrons. The third-order valence-electron chi connectivity index (χ3n) is 2.26. The van der Waals surface area contributed by atoms with Crippen molar-refractivity contribution >= 4 is 11.6 Å². The molecular formula is C12H16ClN. The molecule has 76 valence electrons. The van der Waals surface area contributed by atoms with E-state index in [-0.39, 0.29) is 0 Å². The monoisotopic (exact) mass is 209 g/mol. The van der Waals surface area contributed by atoms with Crippen LogP contribution in [0.4, 0.5) is 0 Å². The third-order valence-corrected chi connectivity index (χ3v) is 2.39. The molecule has 1 aromatic carbocycles. The summed E-state index contributed by atoms with van der Waals surface area (Å²) in [6.07, 6.45) is 0. The second-order valence-corrected chi connectivity index (χ2v) is 4.01. The van der Waals surface area contributed by atoms with Gasteiger partial charge in [0, 0.05) is 17.6 Å². The van der Waals surface area contributed by atoms with E-state index >= 15 is 0 Å². The van der Waals surface area contributed by atoms with E-state index < -0.39 is 0 Å². The highest BCUT2D eigenvalue weighted by molar-refractivity contribution is 6.29. The maximum Gasteiger partial charge on any atom is 0.0313 e. The SMILES string of the molecule is C=C(Cl)CN[C@@H](C)c1ccccc1C. The summed E-state index contributed by atoms with van der Waals surface area (Å²) in [5.74, 6) is 0. The van der Waals surface area contributed by atoms with E-state index in [9.17, 15) is 0 Å². The van der Waals surface area contributed by atoms with E-state index in [2.05, 4.69) is 43.9 Å². The van der Waals surface area contributed by atoms with Crippen molar-refractivity contribution in [1.29, 1.82) is 0 Å². The van der Waals surface area contributed by atoms with Gasteiger partial charge >= 0.3 is 0 Å². The molecule has 0 spiro atoms. The summed E-state index contributed by atoms with van der Waals surface area (Å²) in [6, 6.07) is 8.65. The van der Waals surface area contributed by atoms with Crippen LogP contribution in [0.3, 0.4) is 0 Å². The Labute approximate surface area is 90.8 Å². The molecular weight excluding hydrogens is 194 g/mol. The molecule has 0 fully saturated rings. The second kappa shape index (κ2) is 5.18. The lowest BCUT2D eigenvalue weighted by molar-refractivity contribution is 0.611. The van der Waals surface area contributed by atoms with Gasteiger partial charge in [0.2, 0.25) is 0 Å². The number of aryl methyl sites for hydroxylation is 1. The summed E-state index contributed by atoms with van der Waals surface area (Å²) in [5, 5.41) is 3.95. The fourth-order valence-electron chi connectivity index (χ4n) is 1.45. The van der Waals surface area contributed by atoms with Gasteiger partial charge in [0.05, 0.1) is 0 Å². The average molecular weight is 210 g/mol. The highest BCUT2D eigenvalue weighted by Crippen LogP contribution is 2.16. The molecule has 14 heavy (non-hydrogen) atoms. The minimum Gasteiger partial charge on any atom is -0.305 e. The van der Waals surface area contributed by atoms with Crippen LogP contribution in [-0.2, 0) is 0 Å². The standard InChI is InChI=1S/C12H16ClN/c1-9-6-4-5-7-12(9)11(3)14-8-10(2)13/h4-7,11,14H,2,8H2,1,3H3/t11-/m0/s1. The molecule has 0 bridgehead atoms. The fourth-order valence-corrected chi connectivity index (χ4v) is 1.52. The zero-order chi connectivity index (χ0) is 10.6. The summed E-state index contributed by atoms with van der Waals surface area (Å²) in [6.45, 7) is 8.54. The first-order valence-corrected chi connectivity index (χ1v) is 5.11. The molecule has 0 unspecified atom stereocenters. The zero-order valence-electron chi connectivity index (χ0n) is 8.68. The van der Waals surface area contributed by atoms with Crippen molar-refractivity contribution < 1.29 is 0 Å². The second-order valence-electron chi connectivity index (χ2n) is 3.48. The molecule has 1 atom stereocenters. The molecule has 0 saturated carbocycles. The first-order valence-electron chi connectivity index (χ1n) is 4.73. The van der Waals surface area contributed by atoms with Gasteiger partial charge in [-0.15, -0.1) is 0 Å². The van der Waals surface area contributed by atoms with Crippen molar-refractivity contribution in [3.8, 4) is 0 Å². The van der Waals surface area contributed by atoms with E-state index in [4.69, 9.17) is 11.6 Å². The molecule has 0 aliphatic heterocycles. The Bertz CT molecular complexity index is 320. The smallest absolute Gasteiger partial charge is 0.0313 e. The van der Waals surface area contributed by atoms with Crippen molar-refractivity contribution in [3.05, 3.63) is 47.0 Å². The molecule has 0 aliphatic carbocycles. The number of rotatable bonds is 4. The van der Waals surface area contributed by atoms with Gasteiger partial charge in [0.1, 0.15) is 0 Å². The predicted molar refractivity (Wildman–Crippen MR) is 62.6 cm³/mol. The van der Waals surface area contributed by atoms with Gasteiger partial charge in [-0.25, -0.2) is 0 Å². The van der Waals surface area contributed by atoms with Crippen molar-refractivity contribution in [2.75, 3.05) is 6.54 Å². The molecule has 1 rings (SSSR count). The van der Waals surface area contributed by atoms with E-state index in [0.29, 0.717) is 17.6 Å². The van der Waals surface area contributed by atoms with Crippen molar-refractivity contribution in [2.24, 2.45) is 0 Å². The maximum absolute atomic E-state index is 5.69. The summed E-state index contributed by atoms with van der Waals surface area (Å²) in [7, 11) is 0. The Morgan fingerprint density at radius 1 is 1.50 bits per heavy atom. The molecule has 0 saturated heterocycles. The van der Waals surface area contributed by atoms with Gasteiger partial charge < -0.3 is 5.32 Å². The molecule has 0 amide bonds. The Morgan fingerprint density at radius 2 is 2.14 bits per heavy atom. The highest BCUT2D eigenvalue weighted by atomic mass is 35.5. The number of benzene rings is 1. The van der Waals surface area contributed by atoms with Gasteiger partial charge in [-0.05, 0) is 25.0 Å². The van der Waals surface area contributed by atoms with Crippen LogP contribution in [0.15, 0.2) is 35.9 Å². The van der Waals surface area contributed by atoms with Crippen LogP contribution in [0.5, 0.6) is 0 Å². The van der Waals surface area contributed by atoms with E-state index in [1.807, 2.05) is 6.07 Å². The van der Waals surface area contributed by atoms with Crippen LogP contribution in [0, 0.1) is 6.92 Å². The summed E-state index contributed by atoms with van der Waals surface area (Å²) < 4.78 is 0. The van der Waals surface area contributed by atoms with Crippen LogP contribution in [-0.4, -0.2) is 6.54 Å². The molecule has 0 aliphatic rings. The quantitative estimate of drug-likeness (QED) is 0.802. The van der Waals surface area contributed by atoms with Crippen LogP contribution >= 0.6 is 11.6 Å². The largest absolute Gasteiger partial charge is 0.305 e. The van der Waals surface area contributed by atoms with Gasteiger partial charge in [0.25, 0.3) is 0 Å². The van der Waals surface area contributed by atoms with Crippen molar-refractivity contribution in [3.63, 3.8) is 0 Å². The molecule has 1 nitrogen and oxygen atoms in total.